The van der Waals surface area contributed by atoms with Crippen molar-refractivity contribution in [2.75, 3.05) is 4.90 Å². The second-order valence-corrected chi connectivity index (χ2v) is 11.6. The fourth-order valence-electron chi connectivity index (χ4n) is 7.44. The van der Waals surface area contributed by atoms with Gasteiger partial charge in [0.2, 0.25) is 0 Å². The molecule has 3 heterocycles. The Morgan fingerprint density at radius 1 is 0.600 bits per heavy atom. The molecular formula is C41H28N4. The van der Waals surface area contributed by atoms with Gasteiger partial charge in [-0.2, -0.15) is 0 Å². The monoisotopic (exact) mass is 576 g/mol. The Morgan fingerprint density at radius 3 is 1.96 bits per heavy atom. The van der Waals surface area contributed by atoms with Crippen molar-refractivity contribution < 1.29 is 0 Å². The van der Waals surface area contributed by atoms with Gasteiger partial charge >= 0.3 is 0 Å². The van der Waals surface area contributed by atoms with E-state index in [1.54, 1.807) is 0 Å². The zero-order valence-electron chi connectivity index (χ0n) is 24.5. The number of benzene rings is 4. The van der Waals surface area contributed by atoms with Crippen LogP contribution in [-0.2, 0) is 5.41 Å². The number of hydrogen-bond donors (Lipinski definition) is 0. The van der Waals surface area contributed by atoms with Crippen molar-refractivity contribution in [1.29, 1.82) is 0 Å². The lowest BCUT2D eigenvalue weighted by atomic mass is 9.57. The van der Waals surface area contributed by atoms with E-state index >= 15 is 0 Å². The van der Waals surface area contributed by atoms with E-state index in [2.05, 4.69) is 156 Å². The highest BCUT2D eigenvalue weighted by Crippen LogP contribution is 2.61. The fourth-order valence-corrected chi connectivity index (χ4v) is 7.44. The molecule has 4 heteroatoms. The van der Waals surface area contributed by atoms with Crippen molar-refractivity contribution in [2.24, 2.45) is 5.92 Å². The summed E-state index contributed by atoms with van der Waals surface area (Å²) in [5, 5.41) is 0. The highest BCUT2D eigenvalue weighted by atomic mass is 15.2. The fraction of sp³-hybridized carbons (Fsp3) is 0.0488. The van der Waals surface area contributed by atoms with Gasteiger partial charge in [0.25, 0.3) is 0 Å². The Balaban J connectivity index is 1.46. The Kier molecular flexibility index (Phi) is 5.75. The number of hydrogen-bond acceptors (Lipinski definition) is 4. The topological polar surface area (TPSA) is 41.9 Å². The predicted molar refractivity (Wildman–Crippen MR) is 181 cm³/mol. The van der Waals surface area contributed by atoms with Crippen LogP contribution in [0.5, 0.6) is 0 Å². The molecule has 3 aliphatic rings. The predicted octanol–water partition coefficient (Wildman–Crippen LogP) is 9.46. The lowest BCUT2D eigenvalue weighted by molar-refractivity contribution is 0.497. The minimum atomic E-state index is -0.617. The van der Waals surface area contributed by atoms with Crippen molar-refractivity contribution in [3.63, 3.8) is 0 Å². The Morgan fingerprint density at radius 2 is 1.24 bits per heavy atom. The molecule has 212 valence electrons. The van der Waals surface area contributed by atoms with Gasteiger partial charge in [0, 0.05) is 40.7 Å². The van der Waals surface area contributed by atoms with Crippen LogP contribution < -0.4 is 4.90 Å². The van der Waals surface area contributed by atoms with E-state index in [0.717, 1.165) is 50.7 Å². The van der Waals surface area contributed by atoms with Crippen LogP contribution in [0, 0.1) is 5.92 Å². The van der Waals surface area contributed by atoms with Crippen LogP contribution in [0.1, 0.15) is 22.4 Å². The van der Waals surface area contributed by atoms with Crippen molar-refractivity contribution in [2.45, 2.75) is 5.41 Å². The van der Waals surface area contributed by atoms with Crippen LogP contribution in [0.15, 0.2) is 164 Å². The van der Waals surface area contributed by atoms with Crippen molar-refractivity contribution in [3.8, 4) is 22.6 Å². The average Bonchev–Trinajstić information content (AvgIpc) is 3.35. The molecule has 0 saturated carbocycles. The van der Waals surface area contributed by atoms with Gasteiger partial charge in [-0.05, 0) is 53.1 Å². The molecule has 4 aromatic carbocycles. The lowest BCUT2D eigenvalue weighted by Gasteiger charge is -2.50. The van der Waals surface area contributed by atoms with E-state index in [-0.39, 0.29) is 5.92 Å². The van der Waals surface area contributed by atoms with Crippen LogP contribution in [-0.4, -0.2) is 15.0 Å². The summed E-state index contributed by atoms with van der Waals surface area (Å²) in [6, 6.07) is 42.8. The van der Waals surface area contributed by atoms with Gasteiger partial charge in [-0.15, -0.1) is 0 Å². The maximum atomic E-state index is 5.61. The highest BCUT2D eigenvalue weighted by Gasteiger charge is 2.53. The van der Waals surface area contributed by atoms with Crippen molar-refractivity contribution in [3.05, 3.63) is 186 Å². The summed E-state index contributed by atoms with van der Waals surface area (Å²) in [7, 11) is 0. The van der Waals surface area contributed by atoms with Gasteiger partial charge in [-0.3, -0.25) is 4.98 Å². The van der Waals surface area contributed by atoms with Gasteiger partial charge in [-0.25, -0.2) is 9.97 Å². The molecule has 9 rings (SSSR count). The number of pyridine rings is 1. The van der Waals surface area contributed by atoms with Gasteiger partial charge in [0.15, 0.2) is 5.82 Å². The van der Waals surface area contributed by atoms with Crippen LogP contribution in [0.3, 0.4) is 0 Å². The number of aromatic nitrogens is 3. The molecule has 2 aromatic heterocycles. The van der Waals surface area contributed by atoms with E-state index < -0.39 is 5.41 Å². The number of para-hydroxylation sites is 3. The quantitative estimate of drug-likeness (QED) is 0.210. The van der Waals surface area contributed by atoms with Gasteiger partial charge in [0.1, 0.15) is 0 Å². The first kappa shape index (κ1) is 25.6. The second kappa shape index (κ2) is 10.1. The molecule has 1 spiro atoms. The molecule has 45 heavy (non-hydrogen) atoms. The standard InChI is InChI=1S/C41H28N4/c1-3-13-29(14-4-1)40-43-38(28-23-25-42-26-24-28)37-30-15-7-8-16-31(27-30)41(39(37)44-40)33-19-9-11-21-35(33)45(32-17-5-2-6-18-32)36-22-12-10-20-34(36)41/h1-27,31H. The summed E-state index contributed by atoms with van der Waals surface area (Å²) >= 11 is 0. The van der Waals surface area contributed by atoms with Crippen LogP contribution in [0.25, 0.3) is 28.2 Å². The normalized spacial score (nSPS) is 16.8. The minimum absolute atomic E-state index is 0.0130. The van der Waals surface area contributed by atoms with Crippen LogP contribution in [0.4, 0.5) is 17.1 Å². The molecule has 0 radical (unpaired) electrons. The first-order chi connectivity index (χ1) is 22.3. The number of allylic oxidation sites excluding steroid dienone is 6. The SMILES string of the molecule is C1=CC2=CC(C=C1)C1(c3ccccc3N(c3ccccc3)c3ccccc31)c1nc(-c3ccccc3)nc(-c3ccncc3)c12. The maximum absolute atomic E-state index is 5.61. The third kappa shape index (κ3) is 3.76. The maximum Gasteiger partial charge on any atom is 0.160 e. The molecule has 6 aromatic rings. The van der Waals surface area contributed by atoms with E-state index in [0.29, 0.717) is 5.82 Å². The lowest BCUT2D eigenvalue weighted by Crippen LogP contribution is -2.44. The molecule has 0 N–H and O–H groups in total. The number of rotatable bonds is 3. The smallest absolute Gasteiger partial charge is 0.160 e. The van der Waals surface area contributed by atoms with E-state index in [1.165, 1.54) is 11.1 Å². The Bertz CT molecular complexity index is 2120. The largest absolute Gasteiger partial charge is 0.310 e. The molecule has 0 saturated heterocycles. The molecule has 1 aliphatic heterocycles. The first-order valence-electron chi connectivity index (χ1n) is 15.3. The zero-order chi connectivity index (χ0) is 29.8. The molecule has 2 bridgehead atoms. The Labute approximate surface area is 262 Å². The Hall–Kier alpha value is -5.87. The number of nitrogens with zero attached hydrogens (tertiary/aromatic N) is 4. The minimum Gasteiger partial charge on any atom is -0.310 e. The summed E-state index contributed by atoms with van der Waals surface area (Å²) < 4.78 is 0. The third-order valence-corrected chi connectivity index (χ3v) is 9.28. The van der Waals surface area contributed by atoms with E-state index in [9.17, 15) is 0 Å². The molecule has 1 atom stereocenters. The van der Waals surface area contributed by atoms with Crippen molar-refractivity contribution in [1.82, 2.24) is 15.0 Å². The summed E-state index contributed by atoms with van der Waals surface area (Å²) in [5.41, 5.74) is 11.4. The van der Waals surface area contributed by atoms with Crippen molar-refractivity contribution >= 4 is 22.6 Å². The van der Waals surface area contributed by atoms with E-state index in [4.69, 9.17) is 9.97 Å². The zero-order valence-corrected chi connectivity index (χ0v) is 24.5. The third-order valence-electron chi connectivity index (χ3n) is 9.28. The number of anilines is 3. The summed E-state index contributed by atoms with van der Waals surface area (Å²) in [5.74, 6) is 0.729. The molecule has 1 unspecified atom stereocenters. The average molecular weight is 577 g/mol. The molecular weight excluding hydrogens is 548 g/mol. The summed E-state index contributed by atoms with van der Waals surface area (Å²) in [6.45, 7) is 0. The van der Waals surface area contributed by atoms with Crippen LogP contribution in [0.2, 0.25) is 0 Å². The van der Waals surface area contributed by atoms with E-state index in [1.807, 2.05) is 18.5 Å². The first-order valence-corrected chi connectivity index (χ1v) is 15.3. The van der Waals surface area contributed by atoms with Crippen LogP contribution >= 0.6 is 0 Å². The van der Waals surface area contributed by atoms with Gasteiger partial charge < -0.3 is 4.90 Å². The highest BCUT2D eigenvalue weighted by molar-refractivity contribution is 5.94. The second-order valence-electron chi connectivity index (χ2n) is 11.6. The summed E-state index contributed by atoms with van der Waals surface area (Å²) in [4.78, 5) is 17.7. The molecule has 2 aliphatic carbocycles. The van der Waals surface area contributed by atoms with Gasteiger partial charge in [-0.1, -0.05) is 115 Å². The number of fused-ring (bicyclic) bond motifs is 9. The van der Waals surface area contributed by atoms with Gasteiger partial charge in [0.05, 0.1) is 28.2 Å². The molecule has 4 nitrogen and oxygen atoms in total. The molecule has 0 fully saturated rings. The molecule has 0 amide bonds. The summed E-state index contributed by atoms with van der Waals surface area (Å²) in [6.07, 6.45) is 15.0.